The maximum atomic E-state index is 14.4. The van der Waals surface area contributed by atoms with Gasteiger partial charge in [0.05, 0.1) is 31.8 Å². The first-order valence-corrected chi connectivity index (χ1v) is 12.0. The third kappa shape index (κ3) is 5.66. The molecule has 0 spiro atoms. The predicted octanol–water partition coefficient (Wildman–Crippen LogP) is 5.17. The van der Waals surface area contributed by atoms with Gasteiger partial charge in [-0.1, -0.05) is 6.42 Å². The minimum absolute atomic E-state index is 0.0725. The lowest BCUT2D eigenvalue weighted by Crippen LogP contribution is -2.57. The van der Waals surface area contributed by atoms with Crippen LogP contribution in [0.5, 0.6) is 11.6 Å². The molecule has 3 aromatic heterocycles. The third-order valence-electron chi connectivity index (χ3n) is 6.68. The van der Waals surface area contributed by atoms with Gasteiger partial charge in [-0.05, 0) is 31.7 Å². The molecule has 2 unspecified atom stereocenters. The van der Waals surface area contributed by atoms with Crippen LogP contribution in [0.2, 0.25) is 0 Å². The molecule has 0 aliphatic heterocycles. The first kappa shape index (κ1) is 28.2. The predicted molar refractivity (Wildman–Crippen MR) is 126 cm³/mol. The smallest absolute Gasteiger partial charge is 0.414 e. The van der Waals surface area contributed by atoms with E-state index in [0.717, 1.165) is 12.3 Å². The van der Waals surface area contributed by atoms with Gasteiger partial charge in [-0.3, -0.25) is 4.98 Å². The average Bonchev–Trinajstić information content (AvgIpc) is 3.32. The first-order chi connectivity index (χ1) is 18.4. The molecule has 212 valence electrons. The van der Waals surface area contributed by atoms with E-state index in [0.29, 0.717) is 17.0 Å². The molecule has 2 atom stereocenters. The molecule has 39 heavy (non-hydrogen) atoms. The van der Waals surface area contributed by atoms with Crippen LogP contribution in [0.3, 0.4) is 0 Å². The molecule has 1 N–H and O–H groups in total. The molecule has 3 aromatic rings. The van der Waals surface area contributed by atoms with E-state index >= 15 is 0 Å². The van der Waals surface area contributed by atoms with Crippen molar-refractivity contribution in [2.45, 2.75) is 50.6 Å². The quantitative estimate of drug-likeness (QED) is 0.382. The molecule has 9 nitrogen and oxygen atoms in total. The summed E-state index contributed by atoms with van der Waals surface area (Å²) in [4.78, 5) is 25.5. The molecule has 2 amide bonds. The van der Waals surface area contributed by atoms with E-state index in [4.69, 9.17) is 9.47 Å². The van der Waals surface area contributed by atoms with Crippen LogP contribution in [-0.2, 0) is 0 Å². The monoisotopic (exact) mass is 560 g/mol. The zero-order valence-corrected chi connectivity index (χ0v) is 21.2. The van der Waals surface area contributed by atoms with Gasteiger partial charge in [-0.2, -0.15) is 26.3 Å². The second-order valence-electron chi connectivity index (χ2n) is 8.99. The number of pyridine rings is 1. The minimum Gasteiger partial charge on any atom is -0.494 e. The van der Waals surface area contributed by atoms with Crippen LogP contribution in [0, 0.1) is 5.92 Å². The number of halogens is 6. The Labute approximate surface area is 219 Å². The maximum Gasteiger partial charge on any atom is 0.414 e. The number of nitrogens with one attached hydrogen (secondary N) is 1. The highest BCUT2D eigenvalue weighted by molar-refractivity contribution is 5.76. The first-order valence-electron chi connectivity index (χ1n) is 12.0. The molecule has 0 saturated heterocycles. The van der Waals surface area contributed by atoms with Crippen molar-refractivity contribution >= 4 is 11.7 Å². The second-order valence-corrected chi connectivity index (χ2v) is 8.99. The van der Waals surface area contributed by atoms with Gasteiger partial charge in [-0.15, -0.1) is 0 Å². The third-order valence-corrected chi connectivity index (χ3v) is 6.68. The summed E-state index contributed by atoms with van der Waals surface area (Å²) in [7, 11) is 2.64. The minimum atomic E-state index is -5.07. The van der Waals surface area contributed by atoms with Crippen LogP contribution < -0.4 is 14.8 Å². The number of ether oxygens (including phenoxy) is 2. The number of fused-ring (bicyclic) bond motifs is 1. The molecule has 3 heterocycles. The number of methoxy groups -OCH3 is 2. The van der Waals surface area contributed by atoms with Crippen LogP contribution >= 0.6 is 0 Å². The van der Waals surface area contributed by atoms with E-state index < -0.39 is 48.6 Å². The Balaban J connectivity index is 1.76. The van der Waals surface area contributed by atoms with E-state index in [1.165, 1.54) is 33.5 Å². The summed E-state index contributed by atoms with van der Waals surface area (Å²) in [5.41, 5.74) is -0.0330. The lowest BCUT2D eigenvalue weighted by atomic mass is 9.79. The van der Waals surface area contributed by atoms with Gasteiger partial charge in [-0.25, -0.2) is 14.8 Å². The topological polar surface area (TPSA) is 93.9 Å². The Morgan fingerprint density at radius 1 is 1.15 bits per heavy atom. The Hall–Kier alpha value is -3.78. The molecule has 1 aliphatic carbocycles. The molecule has 1 aliphatic rings. The summed E-state index contributed by atoms with van der Waals surface area (Å²) >= 11 is 0. The van der Waals surface area contributed by atoms with Crippen LogP contribution in [0.1, 0.15) is 37.9 Å². The summed E-state index contributed by atoms with van der Waals surface area (Å²) in [6.45, 7) is 0.704. The highest BCUT2D eigenvalue weighted by Gasteiger charge is 2.51. The van der Waals surface area contributed by atoms with Crippen molar-refractivity contribution in [3.63, 3.8) is 0 Å². The van der Waals surface area contributed by atoms with Crippen molar-refractivity contribution in [2.75, 3.05) is 20.8 Å². The number of rotatable bonds is 8. The van der Waals surface area contributed by atoms with Crippen LogP contribution in [-0.4, -0.2) is 69.4 Å². The number of carbonyl (C=O) groups excluding carboxylic acids is 1. The SMILES string of the molecule is CCN(C(=O)NC(C1CCC1)C(F)(F)F)C(c1cc(-c2cn3ccnc3c(OC)n2)c(OC)cn1)C(F)(F)F. The summed E-state index contributed by atoms with van der Waals surface area (Å²) in [5, 5.41) is 1.80. The molecule has 0 aromatic carbocycles. The number of amides is 2. The number of nitrogens with zero attached hydrogens (tertiary/aromatic N) is 5. The number of imidazole rings is 1. The average molecular weight is 560 g/mol. The van der Waals surface area contributed by atoms with Crippen molar-refractivity contribution in [3.05, 3.63) is 36.5 Å². The standard InChI is InChI=1S/C24H26F6N6O3/c1-4-36(22(37)34-18(23(25,26)27)13-6-5-7-13)19(24(28,29)30)15-10-14(17(38-2)11-32-15)16-12-35-9-8-31-20(35)21(33-16)39-3/h8-13,18-19H,4-7H2,1-3H3,(H,34,37). The van der Waals surface area contributed by atoms with Crippen molar-refractivity contribution in [3.8, 4) is 22.9 Å². The number of urea groups is 1. The summed E-state index contributed by atoms with van der Waals surface area (Å²) in [6, 6.07) is -5.35. The number of hydrogen-bond acceptors (Lipinski definition) is 6. The molecule has 0 radical (unpaired) electrons. The van der Waals surface area contributed by atoms with Crippen molar-refractivity contribution < 1.29 is 40.6 Å². The molecule has 1 fully saturated rings. The van der Waals surface area contributed by atoms with Crippen molar-refractivity contribution in [1.82, 2.24) is 29.6 Å². The number of carbonyl (C=O) groups is 1. The van der Waals surface area contributed by atoms with Gasteiger partial charge < -0.3 is 24.1 Å². The van der Waals surface area contributed by atoms with Gasteiger partial charge in [0.15, 0.2) is 11.7 Å². The van der Waals surface area contributed by atoms with Gasteiger partial charge in [0.2, 0.25) is 0 Å². The Kier molecular flexibility index (Phi) is 7.80. The second kappa shape index (κ2) is 10.8. The van der Waals surface area contributed by atoms with Crippen molar-refractivity contribution in [2.24, 2.45) is 5.92 Å². The molecular weight excluding hydrogens is 534 g/mol. The van der Waals surface area contributed by atoms with Crippen LogP contribution in [0.4, 0.5) is 31.1 Å². The van der Waals surface area contributed by atoms with Crippen LogP contribution in [0.15, 0.2) is 30.9 Å². The maximum absolute atomic E-state index is 14.4. The van der Waals surface area contributed by atoms with Gasteiger partial charge in [0, 0.05) is 30.7 Å². The fourth-order valence-corrected chi connectivity index (χ4v) is 4.54. The van der Waals surface area contributed by atoms with Gasteiger partial charge in [0.1, 0.15) is 11.8 Å². The zero-order chi connectivity index (χ0) is 28.5. The highest BCUT2D eigenvalue weighted by Crippen LogP contribution is 2.41. The lowest BCUT2D eigenvalue weighted by Gasteiger charge is -2.38. The Bertz CT molecular complexity index is 1320. The number of aromatic nitrogens is 4. The summed E-state index contributed by atoms with van der Waals surface area (Å²) in [5.74, 6) is -0.723. The number of alkyl halides is 6. The van der Waals surface area contributed by atoms with Gasteiger partial charge >= 0.3 is 18.4 Å². The normalized spacial score (nSPS) is 15.9. The summed E-state index contributed by atoms with van der Waals surface area (Å²) in [6.07, 6.45) is -3.29. The van der Waals surface area contributed by atoms with E-state index in [1.807, 2.05) is 0 Å². The highest BCUT2D eigenvalue weighted by atomic mass is 19.4. The zero-order valence-electron chi connectivity index (χ0n) is 21.2. The Morgan fingerprint density at radius 3 is 2.41 bits per heavy atom. The van der Waals surface area contributed by atoms with Crippen LogP contribution in [0.25, 0.3) is 16.9 Å². The van der Waals surface area contributed by atoms with E-state index in [-0.39, 0.29) is 35.7 Å². The fourth-order valence-electron chi connectivity index (χ4n) is 4.54. The van der Waals surface area contributed by atoms with Crippen molar-refractivity contribution in [1.29, 1.82) is 0 Å². The lowest BCUT2D eigenvalue weighted by molar-refractivity contribution is -0.183. The molecular formula is C24H26F6N6O3. The molecule has 4 rings (SSSR count). The van der Waals surface area contributed by atoms with E-state index in [9.17, 15) is 31.1 Å². The van der Waals surface area contributed by atoms with E-state index in [1.54, 1.807) is 15.9 Å². The molecule has 1 saturated carbocycles. The number of hydrogen-bond donors (Lipinski definition) is 1. The molecule has 15 heteroatoms. The fraction of sp³-hybridized carbons (Fsp3) is 0.500. The van der Waals surface area contributed by atoms with Gasteiger partial charge in [0.25, 0.3) is 5.88 Å². The Morgan fingerprint density at radius 2 is 1.87 bits per heavy atom. The van der Waals surface area contributed by atoms with E-state index in [2.05, 4.69) is 15.0 Å². The molecule has 0 bridgehead atoms. The largest absolute Gasteiger partial charge is 0.494 e. The summed E-state index contributed by atoms with van der Waals surface area (Å²) < 4.78 is 96.4.